The highest BCUT2D eigenvalue weighted by atomic mass is 32.1. The number of methoxy groups -OCH3 is 1. The van der Waals surface area contributed by atoms with Crippen LogP contribution in [-0.2, 0) is 0 Å². The number of pyridine rings is 1. The number of fused-ring (bicyclic) bond motifs is 1. The molecule has 92 valence electrons. The highest BCUT2D eigenvalue weighted by Crippen LogP contribution is 2.28. The number of rotatable bonds is 2. The van der Waals surface area contributed by atoms with Crippen molar-refractivity contribution in [3.8, 4) is 17.1 Å². The largest absolute Gasteiger partial charge is 0.493 e. The summed E-state index contributed by atoms with van der Waals surface area (Å²) in [6, 6.07) is 3.85. The lowest BCUT2D eigenvalue weighted by Crippen LogP contribution is -1.88. The van der Waals surface area contributed by atoms with Crippen molar-refractivity contribution in [1.29, 1.82) is 0 Å². The van der Waals surface area contributed by atoms with E-state index in [1.54, 1.807) is 18.4 Å². The predicted octanol–water partition coefficient (Wildman–Crippen LogP) is 3.08. The summed E-state index contributed by atoms with van der Waals surface area (Å²) in [6.45, 7) is 4.08. The molecule has 5 heteroatoms. The Balaban J connectivity index is 2.22. The van der Waals surface area contributed by atoms with E-state index in [0.29, 0.717) is 0 Å². The third-order valence-corrected chi connectivity index (χ3v) is 3.70. The third kappa shape index (κ3) is 1.67. The van der Waals surface area contributed by atoms with E-state index in [-0.39, 0.29) is 0 Å². The van der Waals surface area contributed by atoms with Crippen molar-refractivity contribution in [3.05, 3.63) is 34.4 Å². The SMILES string of the molecule is COc1cccn2cc(-c3nc(C)sc3C)nc12. The zero-order chi connectivity index (χ0) is 12.7. The van der Waals surface area contributed by atoms with Gasteiger partial charge < -0.3 is 9.14 Å². The molecule has 0 amide bonds. The Hall–Kier alpha value is -1.88. The van der Waals surface area contributed by atoms with E-state index in [1.807, 2.05) is 35.9 Å². The normalized spacial score (nSPS) is 11.1. The van der Waals surface area contributed by atoms with Crippen molar-refractivity contribution in [2.24, 2.45) is 0 Å². The van der Waals surface area contributed by atoms with E-state index in [1.165, 1.54) is 4.88 Å². The minimum Gasteiger partial charge on any atom is -0.493 e. The fraction of sp³-hybridized carbons (Fsp3) is 0.231. The summed E-state index contributed by atoms with van der Waals surface area (Å²) in [6.07, 6.45) is 3.95. The molecule has 0 saturated heterocycles. The monoisotopic (exact) mass is 259 g/mol. The van der Waals surface area contributed by atoms with Crippen LogP contribution >= 0.6 is 11.3 Å². The second-order valence-electron chi connectivity index (χ2n) is 4.07. The van der Waals surface area contributed by atoms with Gasteiger partial charge in [-0.25, -0.2) is 9.97 Å². The maximum atomic E-state index is 5.31. The summed E-state index contributed by atoms with van der Waals surface area (Å²) in [7, 11) is 1.65. The molecule has 0 fully saturated rings. The number of thiazole rings is 1. The number of hydrogen-bond donors (Lipinski definition) is 0. The highest BCUT2D eigenvalue weighted by molar-refractivity contribution is 7.11. The predicted molar refractivity (Wildman–Crippen MR) is 72.3 cm³/mol. The van der Waals surface area contributed by atoms with Crippen LogP contribution in [0.15, 0.2) is 24.5 Å². The molecular formula is C13H13N3OS. The van der Waals surface area contributed by atoms with E-state index in [4.69, 9.17) is 4.74 Å². The van der Waals surface area contributed by atoms with Crippen molar-refractivity contribution in [3.63, 3.8) is 0 Å². The van der Waals surface area contributed by atoms with Crippen molar-refractivity contribution < 1.29 is 4.74 Å². The summed E-state index contributed by atoms with van der Waals surface area (Å²) in [5.74, 6) is 0.772. The third-order valence-electron chi connectivity index (χ3n) is 2.81. The second kappa shape index (κ2) is 4.10. The molecule has 18 heavy (non-hydrogen) atoms. The van der Waals surface area contributed by atoms with Gasteiger partial charge in [0.15, 0.2) is 11.4 Å². The van der Waals surface area contributed by atoms with Gasteiger partial charge in [0.1, 0.15) is 11.4 Å². The van der Waals surface area contributed by atoms with Crippen LogP contribution in [0.4, 0.5) is 0 Å². The number of hydrogen-bond acceptors (Lipinski definition) is 4. The molecule has 0 bridgehead atoms. The van der Waals surface area contributed by atoms with E-state index in [2.05, 4.69) is 16.9 Å². The van der Waals surface area contributed by atoms with E-state index in [0.717, 1.165) is 27.8 Å². The van der Waals surface area contributed by atoms with Gasteiger partial charge in [0, 0.05) is 17.3 Å². The average Bonchev–Trinajstić information content (AvgIpc) is 2.91. The first-order chi connectivity index (χ1) is 8.69. The molecule has 3 aromatic rings. The molecule has 3 aromatic heterocycles. The fourth-order valence-corrected chi connectivity index (χ4v) is 2.85. The molecule has 0 aliphatic carbocycles. The molecule has 0 aliphatic rings. The Morgan fingerprint density at radius 2 is 2.11 bits per heavy atom. The van der Waals surface area contributed by atoms with Crippen LogP contribution in [0.2, 0.25) is 0 Å². The zero-order valence-corrected chi connectivity index (χ0v) is 11.3. The van der Waals surface area contributed by atoms with Gasteiger partial charge in [-0.3, -0.25) is 0 Å². The lowest BCUT2D eigenvalue weighted by atomic mass is 10.3. The van der Waals surface area contributed by atoms with Crippen LogP contribution in [0, 0.1) is 13.8 Å². The van der Waals surface area contributed by atoms with Crippen molar-refractivity contribution in [2.45, 2.75) is 13.8 Å². The molecule has 0 aromatic carbocycles. The smallest absolute Gasteiger partial charge is 0.180 e. The van der Waals surface area contributed by atoms with Crippen LogP contribution < -0.4 is 4.74 Å². The van der Waals surface area contributed by atoms with Crippen LogP contribution in [0.1, 0.15) is 9.88 Å². The molecule has 0 radical (unpaired) electrons. The number of aromatic nitrogens is 3. The Labute approximate surface area is 109 Å². The Morgan fingerprint density at radius 3 is 2.78 bits per heavy atom. The summed E-state index contributed by atoms with van der Waals surface area (Å²) >= 11 is 1.69. The number of imidazole rings is 1. The van der Waals surface area contributed by atoms with Gasteiger partial charge >= 0.3 is 0 Å². The summed E-state index contributed by atoms with van der Waals surface area (Å²) in [5, 5.41) is 1.06. The lowest BCUT2D eigenvalue weighted by Gasteiger charge is -1.99. The van der Waals surface area contributed by atoms with Crippen molar-refractivity contribution >= 4 is 17.0 Å². The first-order valence-electron chi connectivity index (χ1n) is 5.65. The van der Waals surface area contributed by atoms with E-state index >= 15 is 0 Å². The van der Waals surface area contributed by atoms with Crippen LogP contribution in [0.25, 0.3) is 17.0 Å². The summed E-state index contributed by atoms with van der Waals surface area (Å²) in [5.41, 5.74) is 2.67. The Kier molecular flexibility index (Phi) is 2.56. The first kappa shape index (κ1) is 11.2. The Bertz CT molecular complexity index is 714. The van der Waals surface area contributed by atoms with Gasteiger partial charge in [0.2, 0.25) is 0 Å². The van der Waals surface area contributed by atoms with E-state index in [9.17, 15) is 0 Å². The summed E-state index contributed by atoms with van der Waals surface area (Å²) < 4.78 is 7.27. The van der Waals surface area contributed by atoms with Gasteiger partial charge in [-0.1, -0.05) is 0 Å². The van der Waals surface area contributed by atoms with Gasteiger partial charge in [0.05, 0.1) is 12.1 Å². The van der Waals surface area contributed by atoms with Crippen molar-refractivity contribution in [2.75, 3.05) is 7.11 Å². The quantitative estimate of drug-likeness (QED) is 0.710. The highest BCUT2D eigenvalue weighted by Gasteiger charge is 2.13. The molecule has 3 heterocycles. The average molecular weight is 259 g/mol. The zero-order valence-electron chi connectivity index (χ0n) is 10.5. The standard InChI is InChI=1S/C13H13N3OS/c1-8-12(14-9(2)18-8)10-7-16-6-4-5-11(17-3)13(16)15-10/h4-7H,1-3H3. The van der Waals surface area contributed by atoms with Gasteiger partial charge in [-0.15, -0.1) is 11.3 Å². The molecule has 0 unspecified atom stereocenters. The molecule has 3 rings (SSSR count). The molecule has 0 atom stereocenters. The fourth-order valence-electron chi connectivity index (χ4n) is 2.03. The molecule has 4 nitrogen and oxygen atoms in total. The maximum absolute atomic E-state index is 5.31. The first-order valence-corrected chi connectivity index (χ1v) is 6.47. The van der Waals surface area contributed by atoms with Crippen LogP contribution in [0.5, 0.6) is 5.75 Å². The van der Waals surface area contributed by atoms with Gasteiger partial charge in [0.25, 0.3) is 0 Å². The van der Waals surface area contributed by atoms with Gasteiger partial charge in [-0.05, 0) is 26.0 Å². The van der Waals surface area contributed by atoms with Crippen molar-refractivity contribution in [1.82, 2.24) is 14.4 Å². The summed E-state index contributed by atoms with van der Waals surface area (Å²) in [4.78, 5) is 10.3. The molecule has 0 spiro atoms. The number of ether oxygens (including phenoxy) is 1. The number of nitrogens with zero attached hydrogens (tertiary/aromatic N) is 3. The van der Waals surface area contributed by atoms with E-state index < -0.39 is 0 Å². The molecule has 0 saturated carbocycles. The Morgan fingerprint density at radius 1 is 1.28 bits per heavy atom. The second-order valence-corrected chi connectivity index (χ2v) is 5.48. The van der Waals surface area contributed by atoms with Gasteiger partial charge in [-0.2, -0.15) is 0 Å². The van der Waals surface area contributed by atoms with Crippen LogP contribution in [-0.4, -0.2) is 21.5 Å². The topological polar surface area (TPSA) is 39.4 Å². The molecule has 0 N–H and O–H groups in total. The molecular weight excluding hydrogens is 246 g/mol. The maximum Gasteiger partial charge on any atom is 0.180 e. The minimum absolute atomic E-state index is 0.772. The molecule has 0 aliphatic heterocycles. The van der Waals surface area contributed by atoms with Crippen LogP contribution in [0.3, 0.4) is 0 Å². The minimum atomic E-state index is 0.772. The number of aryl methyl sites for hydroxylation is 2. The lowest BCUT2D eigenvalue weighted by molar-refractivity contribution is 0.417.